The van der Waals surface area contributed by atoms with Gasteiger partial charge in [-0.25, -0.2) is 0 Å². The van der Waals surface area contributed by atoms with Crippen LogP contribution in [0.15, 0.2) is 109 Å². The molecule has 0 saturated carbocycles. The van der Waals surface area contributed by atoms with Crippen LogP contribution in [0.4, 0.5) is 39.8 Å². The molecule has 7 N–H and O–H groups in total. The molecule has 0 atom stereocenters. The Kier molecular flexibility index (Phi) is 28.0. The number of carbonyl (C=O) groups is 4. The summed E-state index contributed by atoms with van der Waals surface area (Å²) in [6.45, 7) is 22.7. The lowest BCUT2D eigenvalue weighted by atomic mass is 9.94. The Labute approximate surface area is 534 Å². The smallest absolute Gasteiger partial charge is 0.323 e. The number of H-pyrrole nitrogens is 3. The van der Waals surface area contributed by atoms with Crippen LogP contribution in [-0.2, 0) is 28.7 Å². The van der Waals surface area contributed by atoms with Gasteiger partial charge < -0.3 is 40.8 Å². The molecule has 0 bridgehead atoms. The van der Waals surface area contributed by atoms with Crippen LogP contribution in [0.25, 0.3) is 32.7 Å². The van der Waals surface area contributed by atoms with E-state index in [2.05, 4.69) is 106 Å². The van der Waals surface area contributed by atoms with Gasteiger partial charge in [0.1, 0.15) is 10.8 Å². The summed E-state index contributed by atoms with van der Waals surface area (Å²) in [6, 6.07) is 29.7. The fourth-order valence-corrected chi connectivity index (χ4v) is 8.27. The highest BCUT2D eigenvalue weighted by molar-refractivity contribution is 5.94. The number of hydrogen-bond donors (Lipinski definition) is 6. The predicted molar refractivity (Wildman–Crippen MR) is 360 cm³/mol. The van der Waals surface area contributed by atoms with Crippen molar-refractivity contribution in [1.82, 2.24) is 15.0 Å². The molecule has 0 radical (unpaired) electrons. The van der Waals surface area contributed by atoms with Gasteiger partial charge >= 0.3 is 11.9 Å². The quantitative estimate of drug-likeness (QED) is 0.0183. The molecule has 3 heterocycles. The Balaban J connectivity index is 0.000000305. The number of nitrogens with two attached hydrogens (primary N) is 1. The number of anilines is 3. The zero-order valence-electron chi connectivity index (χ0n) is 53.5. The van der Waals surface area contributed by atoms with Crippen LogP contribution in [0.3, 0.4) is 0 Å². The van der Waals surface area contributed by atoms with E-state index in [1.165, 1.54) is 73.8 Å². The van der Waals surface area contributed by atoms with Crippen molar-refractivity contribution in [2.75, 3.05) is 30.6 Å². The van der Waals surface area contributed by atoms with Crippen LogP contribution < -0.4 is 16.4 Å². The third-order valence-electron chi connectivity index (χ3n) is 13.5. The number of esters is 2. The minimum absolute atomic E-state index is 0. The summed E-state index contributed by atoms with van der Waals surface area (Å²) in [5, 5.41) is 51.4. The second-order valence-corrected chi connectivity index (χ2v) is 22.8. The average Bonchev–Trinajstić information content (AvgIpc) is 1.61. The molecular formula is C68H82N10O14. The molecule has 0 aliphatic heterocycles. The maximum absolute atomic E-state index is 11.8. The van der Waals surface area contributed by atoms with Crippen LogP contribution in [0, 0.1) is 75.0 Å². The molecule has 0 aliphatic rings. The number of benzene rings is 5. The van der Waals surface area contributed by atoms with Gasteiger partial charge in [-0.1, -0.05) is 86.5 Å². The Morgan fingerprint density at radius 2 is 0.783 bits per heavy atom. The second-order valence-electron chi connectivity index (χ2n) is 22.8. The van der Waals surface area contributed by atoms with Crippen molar-refractivity contribution in [2.45, 2.75) is 134 Å². The molecule has 0 saturated heterocycles. The third kappa shape index (κ3) is 22.0. The van der Waals surface area contributed by atoms with Crippen molar-refractivity contribution < 1.29 is 48.3 Å². The Bertz CT molecular complexity index is 3870. The number of nitrogens with one attached hydrogen (secondary N) is 5. The van der Waals surface area contributed by atoms with E-state index in [0.717, 1.165) is 44.4 Å². The van der Waals surface area contributed by atoms with Crippen LogP contribution in [0.1, 0.15) is 162 Å². The highest BCUT2D eigenvalue weighted by atomic mass is 16.6. The van der Waals surface area contributed by atoms with Crippen molar-refractivity contribution in [3.8, 4) is 23.7 Å². The molecule has 0 fully saturated rings. The molecule has 24 nitrogen and oxygen atoms in total. The summed E-state index contributed by atoms with van der Waals surface area (Å²) in [6.07, 6.45) is 2.01. The molecule has 92 heavy (non-hydrogen) atoms. The van der Waals surface area contributed by atoms with Gasteiger partial charge in [0.25, 0.3) is 22.7 Å². The van der Waals surface area contributed by atoms with E-state index in [1.54, 1.807) is 52.0 Å². The monoisotopic (exact) mass is 1260 g/mol. The van der Waals surface area contributed by atoms with E-state index >= 15 is 0 Å². The molecule has 5 aromatic carbocycles. The van der Waals surface area contributed by atoms with Crippen LogP contribution in [0.2, 0.25) is 0 Å². The maximum atomic E-state index is 11.8. The summed E-state index contributed by atoms with van der Waals surface area (Å²) >= 11 is 0. The van der Waals surface area contributed by atoms with E-state index in [9.17, 15) is 59.6 Å². The number of ether oxygens (including phenoxy) is 2. The van der Waals surface area contributed by atoms with Crippen molar-refractivity contribution in [3.05, 3.63) is 178 Å². The number of amides is 2. The number of nitrogens with zero attached hydrogens (tertiary/aromatic N) is 4. The van der Waals surface area contributed by atoms with Gasteiger partial charge in [-0.15, -0.1) is 0 Å². The number of aromatic amines is 3. The second kappa shape index (κ2) is 34.2. The molecule has 8 aromatic rings. The Hall–Kier alpha value is -10.9. The molecule has 0 aliphatic carbocycles. The van der Waals surface area contributed by atoms with Crippen LogP contribution >= 0.6 is 0 Å². The predicted octanol–water partition coefficient (Wildman–Crippen LogP) is 15.7. The summed E-state index contributed by atoms with van der Waals surface area (Å²) in [4.78, 5) is 97.9. The first-order valence-electron chi connectivity index (χ1n) is 29.1. The fraction of sp³-hybridized carbons (Fsp3) is 0.353. The van der Waals surface area contributed by atoms with Gasteiger partial charge in [-0.05, 0) is 119 Å². The molecule has 8 rings (SSSR count). The number of aromatic nitrogens is 3. The topological polar surface area (TPSA) is 357 Å². The number of methoxy groups -OCH3 is 2. The van der Waals surface area contributed by atoms with Crippen molar-refractivity contribution in [2.24, 2.45) is 10.8 Å². The summed E-state index contributed by atoms with van der Waals surface area (Å²) in [5.74, 6) is 10.8. The summed E-state index contributed by atoms with van der Waals surface area (Å²) in [7, 11) is 2.52. The highest BCUT2D eigenvalue weighted by Gasteiger charge is 2.27. The number of hydrogen-bond acceptors (Lipinski definition) is 15. The number of nitro groups is 4. The molecule has 24 heteroatoms. The normalized spacial score (nSPS) is 10.6. The largest absolute Gasteiger partial charge is 0.468 e. The minimum atomic E-state index is -1.08. The molecular weight excluding hydrogens is 1180 g/mol. The molecule has 0 unspecified atom stereocenters. The zero-order valence-corrected chi connectivity index (χ0v) is 53.5. The van der Waals surface area contributed by atoms with Crippen molar-refractivity contribution in [3.63, 3.8) is 0 Å². The van der Waals surface area contributed by atoms with E-state index < -0.39 is 32.6 Å². The number of nitro benzene ring substituents is 4. The standard InChI is InChI=1S/2C17H20N2O5.2C11H12N2O2.C11H14N2.CH4/c2*1-5-6-15(20)18-14-8-7-13(19(22)23)11-12(14)9-10-17(2,3)16(21)24-4;2*1-7(2)11-6-8-5-9(13(14)15)3-4-10(8)12-11;1-7(2)11-6-8-5-9(12)3-4-10(8)13-11;/h2*7-8,11H,5-6H2,1-4H3,(H,18,20);2*3-7,12H,1-2H3;3-7,13H,12H2,1-2H3;1H4. The van der Waals surface area contributed by atoms with Gasteiger partial charge in [0.15, 0.2) is 0 Å². The number of non-ortho nitro benzene ring substituents is 4. The Morgan fingerprint density at radius 1 is 0.489 bits per heavy atom. The van der Waals surface area contributed by atoms with Gasteiger partial charge in [0, 0.05) is 117 Å². The maximum Gasteiger partial charge on any atom is 0.323 e. The average molecular weight is 1260 g/mol. The van der Waals surface area contributed by atoms with E-state index in [4.69, 9.17) is 5.73 Å². The zero-order chi connectivity index (χ0) is 68.1. The van der Waals surface area contributed by atoms with Crippen LogP contribution in [-0.4, -0.2) is 72.6 Å². The van der Waals surface area contributed by atoms with Gasteiger partial charge in [-0.2, -0.15) is 0 Å². The van der Waals surface area contributed by atoms with E-state index in [0.29, 0.717) is 54.8 Å². The first-order chi connectivity index (χ1) is 42.7. The third-order valence-corrected chi connectivity index (χ3v) is 13.5. The first kappa shape index (κ1) is 75.4. The summed E-state index contributed by atoms with van der Waals surface area (Å²) < 4.78 is 9.35. The minimum Gasteiger partial charge on any atom is -0.468 e. The van der Waals surface area contributed by atoms with E-state index in [-0.39, 0.29) is 63.0 Å². The fourth-order valence-electron chi connectivity index (χ4n) is 8.27. The van der Waals surface area contributed by atoms with Gasteiger partial charge in [-0.3, -0.25) is 59.6 Å². The lowest BCUT2D eigenvalue weighted by molar-refractivity contribution is -0.385. The summed E-state index contributed by atoms with van der Waals surface area (Å²) in [5.41, 5.74) is 12.1. The van der Waals surface area contributed by atoms with Gasteiger partial charge in [0.05, 0.1) is 56.4 Å². The van der Waals surface area contributed by atoms with E-state index in [1.807, 2.05) is 44.2 Å². The van der Waals surface area contributed by atoms with Crippen molar-refractivity contribution in [1.29, 1.82) is 0 Å². The SMILES string of the molecule is C.CC(C)c1cc2cc(N)ccc2[nH]1.CC(C)c1cc2cc([N+](=O)[O-])ccc2[nH]1.CC(C)c1cc2cc([N+](=O)[O-])ccc2[nH]1.CCCC(=O)Nc1ccc([N+](=O)[O-])cc1C#CC(C)(C)C(=O)OC.CCCC(=O)Nc1ccc([N+](=O)[O-])cc1C#CC(C)(C)C(=O)OC. The first-order valence-corrected chi connectivity index (χ1v) is 29.1. The van der Waals surface area contributed by atoms with Crippen LogP contribution in [0.5, 0.6) is 0 Å². The molecule has 0 spiro atoms. The van der Waals surface area contributed by atoms with Gasteiger partial charge in [0.2, 0.25) is 11.8 Å². The lowest BCUT2D eigenvalue weighted by Gasteiger charge is -2.13. The van der Waals surface area contributed by atoms with Crippen molar-refractivity contribution >= 4 is 96.3 Å². The number of fused-ring (bicyclic) bond motifs is 3. The highest BCUT2D eigenvalue weighted by Crippen LogP contribution is 2.29. The lowest BCUT2D eigenvalue weighted by Crippen LogP contribution is -2.23. The molecule has 488 valence electrons. The Morgan fingerprint density at radius 3 is 1.08 bits per heavy atom. The molecule has 3 aromatic heterocycles. The number of nitrogen functional groups attached to an aromatic ring is 1. The number of rotatable bonds is 15. The molecule has 2 amide bonds. The number of carbonyl (C=O) groups excluding carboxylic acids is 4.